The summed E-state index contributed by atoms with van der Waals surface area (Å²) in [5, 5.41) is 2.66. The van der Waals surface area contributed by atoms with E-state index in [9.17, 15) is 9.59 Å². The van der Waals surface area contributed by atoms with Crippen molar-refractivity contribution in [1.82, 2.24) is 10.2 Å². The monoisotopic (exact) mass is 251 g/mol. The van der Waals surface area contributed by atoms with Crippen LogP contribution >= 0.6 is 0 Å². The van der Waals surface area contributed by atoms with Crippen molar-refractivity contribution in [2.75, 3.05) is 13.1 Å². The number of nitrogens with one attached hydrogen (secondary N) is 1. The molecule has 0 spiro atoms. The van der Waals surface area contributed by atoms with Crippen molar-refractivity contribution in [1.29, 1.82) is 0 Å². The smallest absolute Gasteiger partial charge is 0.325 e. The summed E-state index contributed by atoms with van der Waals surface area (Å²) in [6, 6.07) is 2.96. The lowest BCUT2D eigenvalue weighted by Crippen LogP contribution is -2.41. The summed E-state index contributed by atoms with van der Waals surface area (Å²) >= 11 is 0. The maximum absolute atomic E-state index is 12.3. The normalized spacial score (nSPS) is 25.4. The van der Waals surface area contributed by atoms with Crippen LogP contribution in [0.3, 0.4) is 0 Å². The summed E-state index contributed by atoms with van der Waals surface area (Å²) < 4.78 is 5.23. The molecule has 2 heterocycles. The summed E-state index contributed by atoms with van der Waals surface area (Å²) in [6.45, 7) is 4.27. The van der Waals surface area contributed by atoms with E-state index >= 15 is 0 Å². The Morgan fingerprint density at radius 3 is 2.83 bits per heavy atom. The number of hydrogen-bond acceptors (Lipinski definition) is 4. The highest BCUT2D eigenvalue weighted by atomic mass is 16.3. The van der Waals surface area contributed by atoms with Crippen LogP contribution in [0.4, 0.5) is 4.79 Å². The van der Waals surface area contributed by atoms with Gasteiger partial charge in [-0.05, 0) is 31.5 Å². The largest absolute Gasteiger partial charge is 0.466 e. The van der Waals surface area contributed by atoms with Crippen LogP contribution in [0.5, 0.6) is 0 Å². The number of nitrogens with zero attached hydrogens (tertiary/aromatic N) is 1. The zero-order chi connectivity index (χ0) is 13.3. The van der Waals surface area contributed by atoms with E-state index in [2.05, 4.69) is 5.32 Å². The molecule has 1 aliphatic rings. The van der Waals surface area contributed by atoms with Gasteiger partial charge in [-0.2, -0.15) is 0 Å². The Labute approximate surface area is 105 Å². The SMILES string of the molecule is CC(CN)CN1C(=O)NC(C)(c2ccco2)C1=O. The van der Waals surface area contributed by atoms with Gasteiger partial charge in [0.2, 0.25) is 0 Å². The first-order valence-electron chi connectivity index (χ1n) is 5.87. The van der Waals surface area contributed by atoms with Crippen LogP contribution in [0.25, 0.3) is 0 Å². The minimum Gasteiger partial charge on any atom is -0.466 e. The quantitative estimate of drug-likeness (QED) is 0.769. The van der Waals surface area contributed by atoms with Gasteiger partial charge in [0.05, 0.1) is 6.26 Å². The molecule has 0 aliphatic carbocycles. The van der Waals surface area contributed by atoms with E-state index in [1.165, 1.54) is 11.2 Å². The van der Waals surface area contributed by atoms with Crippen LogP contribution in [0.1, 0.15) is 19.6 Å². The van der Waals surface area contributed by atoms with E-state index in [4.69, 9.17) is 10.2 Å². The predicted molar refractivity (Wildman–Crippen MR) is 64.5 cm³/mol. The number of rotatable bonds is 4. The highest BCUT2D eigenvalue weighted by Crippen LogP contribution is 2.29. The Bertz CT molecular complexity index is 457. The Balaban J connectivity index is 2.24. The van der Waals surface area contributed by atoms with Gasteiger partial charge in [-0.1, -0.05) is 6.92 Å². The minimum absolute atomic E-state index is 0.0682. The number of amides is 3. The number of hydrogen-bond donors (Lipinski definition) is 2. The summed E-state index contributed by atoms with van der Waals surface area (Å²) in [7, 11) is 0. The minimum atomic E-state index is -1.12. The zero-order valence-corrected chi connectivity index (χ0v) is 10.5. The number of furan rings is 1. The molecule has 1 aromatic heterocycles. The fraction of sp³-hybridized carbons (Fsp3) is 0.500. The average molecular weight is 251 g/mol. The molecule has 0 aromatic carbocycles. The van der Waals surface area contributed by atoms with E-state index in [1.807, 2.05) is 6.92 Å². The van der Waals surface area contributed by atoms with Gasteiger partial charge >= 0.3 is 6.03 Å². The molecule has 2 atom stereocenters. The third-order valence-electron chi connectivity index (χ3n) is 3.19. The Kier molecular flexibility index (Phi) is 3.13. The van der Waals surface area contributed by atoms with Crippen LogP contribution in [-0.2, 0) is 10.3 Å². The van der Waals surface area contributed by atoms with Crippen molar-refractivity contribution in [2.45, 2.75) is 19.4 Å². The highest BCUT2D eigenvalue weighted by molar-refractivity contribution is 6.06. The van der Waals surface area contributed by atoms with Gasteiger partial charge < -0.3 is 15.5 Å². The van der Waals surface area contributed by atoms with Crippen LogP contribution in [0, 0.1) is 5.92 Å². The standard InChI is InChI=1S/C12H17N3O3/c1-8(6-13)7-15-10(16)12(2,14-11(15)17)9-4-3-5-18-9/h3-5,8H,6-7,13H2,1-2H3,(H,14,17). The van der Waals surface area contributed by atoms with Crippen LogP contribution < -0.4 is 11.1 Å². The molecular formula is C12H17N3O3. The molecule has 3 N–H and O–H groups in total. The fourth-order valence-electron chi connectivity index (χ4n) is 1.98. The highest BCUT2D eigenvalue weighted by Gasteiger charge is 2.50. The van der Waals surface area contributed by atoms with E-state index in [1.54, 1.807) is 19.1 Å². The van der Waals surface area contributed by atoms with Gasteiger partial charge in [0.15, 0.2) is 5.54 Å². The maximum Gasteiger partial charge on any atom is 0.325 e. The van der Waals surface area contributed by atoms with Crippen molar-refractivity contribution >= 4 is 11.9 Å². The number of carbonyl (C=O) groups excluding carboxylic acids is 2. The predicted octanol–water partition coefficient (Wildman–Crippen LogP) is 0.641. The first-order valence-corrected chi connectivity index (χ1v) is 5.87. The molecular weight excluding hydrogens is 234 g/mol. The lowest BCUT2D eigenvalue weighted by atomic mass is 9.99. The summed E-state index contributed by atoms with van der Waals surface area (Å²) in [5.41, 5.74) is 4.40. The third-order valence-corrected chi connectivity index (χ3v) is 3.19. The lowest BCUT2D eigenvalue weighted by molar-refractivity contribution is -0.132. The second-order valence-corrected chi connectivity index (χ2v) is 4.79. The van der Waals surface area contributed by atoms with Crippen LogP contribution in [-0.4, -0.2) is 29.9 Å². The van der Waals surface area contributed by atoms with E-state index in [-0.39, 0.29) is 11.8 Å². The van der Waals surface area contributed by atoms with Gasteiger partial charge in [0, 0.05) is 6.54 Å². The molecule has 3 amide bonds. The van der Waals surface area contributed by atoms with Crippen molar-refractivity contribution in [3.8, 4) is 0 Å². The molecule has 6 heteroatoms. The molecule has 0 bridgehead atoms. The zero-order valence-electron chi connectivity index (χ0n) is 10.5. The molecule has 18 heavy (non-hydrogen) atoms. The second-order valence-electron chi connectivity index (χ2n) is 4.79. The molecule has 1 aliphatic heterocycles. The average Bonchev–Trinajstić information content (AvgIpc) is 2.93. The first-order chi connectivity index (χ1) is 8.49. The van der Waals surface area contributed by atoms with Crippen LogP contribution in [0.15, 0.2) is 22.8 Å². The Hall–Kier alpha value is -1.82. The lowest BCUT2D eigenvalue weighted by Gasteiger charge is -2.20. The van der Waals surface area contributed by atoms with Gasteiger partial charge in [0.25, 0.3) is 5.91 Å². The Morgan fingerprint density at radius 1 is 1.56 bits per heavy atom. The van der Waals surface area contributed by atoms with Crippen molar-refractivity contribution in [3.05, 3.63) is 24.2 Å². The molecule has 1 saturated heterocycles. The number of nitrogens with two attached hydrogens (primary N) is 1. The topological polar surface area (TPSA) is 88.6 Å². The van der Waals surface area contributed by atoms with Crippen molar-refractivity contribution in [3.63, 3.8) is 0 Å². The van der Waals surface area contributed by atoms with Gasteiger partial charge in [-0.3, -0.25) is 9.69 Å². The van der Waals surface area contributed by atoms with Crippen LogP contribution in [0.2, 0.25) is 0 Å². The van der Waals surface area contributed by atoms with Gasteiger partial charge in [-0.25, -0.2) is 4.79 Å². The van der Waals surface area contributed by atoms with Crippen molar-refractivity contribution < 1.29 is 14.0 Å². The number of imide groups is 1. The second kappa shape index (κ2) is 4.45. The molecule has 2 unspecified atom stereocenters. The molecule has 1 aromatic rings. The maximum atomic E-state index is 12.3. The molecule has 98 valence electrons. The molecule has 6 nitrogen and oxygen atoms in total. The molecule has 0 radical (unpaired) electrons. The fourth-order valence-corrected chi connectivity index (χ4v) is 1.98. The third kappa shape index (κ3) is 1.88. The van der Waals surface area contributed by atoms with Crippen molar-refractivity contribution in [2.24, 2.45) is 11.7 Å². The molecule has 2 rings (SSSR count). The molecule has 1 fully saturated rings. The van der Waals surface area contributed by atoms with E-state index < -0.39 is 11.6 Å². The summed E-state index contributed by atoms with van der Waals surface area (Å²) in [5.74, 6) is 0.199. The van der Waals surface area contributed by atoms with E-state index in [0.717, 1.165) is 0 Å². The van der Waals surface area contributed by atoms with Gasteiger partial charge in [0.1, 0.15) is 5.76 Å². The molecule has 0 saturated carbocycles. The number of urea groups is 1. The van der Waals surface area contributed by atoms with E-state index in [0.29, 0.717) is 18.8 Å². The Morgan fingerprint density at radius 2 is 2.28 bits per heavy atom. The van der Waals surface area contributed by atoms with Gasteiger partial charge in [-0.15, -0.1) is 0 Å². The number of carbonyl (C=O) groups is 2. The first kappa shape index (κ1) is 12.6. The summed E-state index contributed by atoms with van der Waals surface area (Å²) in [4.78, 5) is 25.4. The summed E-state index contributed by atoms with van der Waals surface area (Å²) in [6.07, 6.45) is 1.48.